The first kappa shape index (κ1) is 11.1. The number of aromatic nitrogens is 4. The lowest BCUT2D eigenvalue weighted by Crippen LogP contribution is -2.08. The summed E-state index contributed by atoms with van der Waals surface area (Å²) >= 11 is 0. The second-order valence-corrected chi connectivity index (χ2v) is 3.54. The number of hydrogen-bond acceptors (Lipinski definition) is 4. The van der Waals surface area contributed by atoms with Crippen LogP contribution in [-0.4, -0.2) is 36.9 Å². The van der Waals surface area contributed by atoms with Crippen LogP contribution in [0.25, 0.3) is 11.3 Å². The lowest BCUT2D eigenvalue weighted by Gasteiger charge is -1.93. The zero-order valence-electron chi connectivity index (χ0n) is 9.07. The minimum Gasteiger partial charge on any atom is -0.480 e. The molecule has 0 fully saturated rings. The first-order chi connectivity index (χ1) is 8.10. The van der Waals surface area contributed by atoms with E-state index < -0.39 is 5.97 Å². The molecular formula is C10H10N4O3. The van der Waals surface area contributed by atoms with Crippen LogP contribution in [0, 0.1) is 0 Å². The van der Waals surface area contributed by atoms with E-state index in [-0.39, 0.29) is 6.54 Å². The molecule has 17 heavy (non-hydrogen) atoms. The maximum Gasteiger partial charge on any atom is 0.325 e. The van der Waals surface area contributed by atoms with Crippen LogP contribution in [0.2, 0.25) is 0 Å². The van der Waals surface area contributed by atoms with Crippen molar-refractivity contribution in [2.24, 2.45) is 7.05 Å². The lowest BCUT2D eigenvalue weighted by molar-refractivity contribution is -0.137. The topological polar surface area (TPSA) is 90.0 Å². The van der Waals surface area contributed by atoms with Gasteiger partial charge in [0, 0.05) is 25.0 Å². The molecule has 0 spiro atoms. The maximum absolute atomic E-state index is 10.9. The summed E-state index contributed by atoms with van der Waals surface area (Å²) in [7, 11) is 1.75. The number of carbonyl (C=O) groups is 2. The van der Waals surface area contributed by atoms with Crippen LogP contribution < -0.4 is 0 Å². The van der Waals surface area contributed by atoms with Gasteiger partial charge in [-0.1, -0.05) is 0 Å². The third-order valence-corrected chi connectivity index (χ3v) is 2.19. The highest BCUT2D eigenvalue weighted by atomic mass is 16.4. The van der Waals surface area contributed by atoms with Gasteiger partial charge in [-0.3, -0.25) is 19.0 Å². The summed E-state index contributed by atoms with van der Waals surface area (Å²) < 4.78 is 2.80. The number of aliphatic carboxylic acids is 1. The Morgan fingerprint density at radius 2 is 2.29 bits per heavy atom. The summed E-state index contributed by atoms with van der Waals surface area (Å²) in [4.78, 5) is 21.4. The first-order valence-electron chi connectivity index (χ1n) is 4.83. The van der Waals surface area contributed by atoms with E-state index >= 15 is 0 Å². The third-order valence-electron chi connectivity index (χ3n) is 2.19. The van der Waals surface area contributed by atoms with Crippen molar-refractivity contribution in [2.45, 2.75) is 6.54 Å². The molecule has 0 radical (unpaired) electrons. The minimum atomic E-state index is -1.01. The van der Waals surface area contributed by atoms with E-state index in [2.05, 4.69) is 10.2 Å². The summed E-state index contributed by atoms with van der Waals surface area (Å²) in [6.45, 7) is -0.277. The van der Waals surface area contributed by atoms with Gasteiger partial charge in [-0.25, -0.2) is 0 Å². The molecule has 2 rings (SSSR count). The van der Waals surface area contributed by atoms with Crippen molar-refractivity contribution in [1.29, 1.82) is 0 Å². The van der Waals surface area contributed by atoms with E-state index in [4.69, 9.17) is 5.11 Å². The predicted octanol–water partition coefficient (Wildman–Crippen LogP) is 0.181. The highest BCUT2D eigenvalue weighted by Gasteiger charge is 2.13. The lowest BCUT2D eigenvalue weighted by atomic mass is 10.2. The van der Waals surface area contributed by atoms with E-state index in [9.17, 15) is 9.59 Å². The molecule has 0 unspecified atom stereocenters. The molecule has 7 heteroatoms. The zero-order chi connectivity index (χ0) is 12.4. The predicted molar refractivity (Wildman–Crippen MR) is 57.5 cm³/mol. The largest absolute Gasteiger partial charge is 0.480 e. The van der Waals surface area contributed by atoms with Gasteiger partial charge in [-0.15, -0.1) is 0 Å². The maximum atomic E-state index is 10.9. The second-order valence-electron chi connectivity index (χ2n) is 3.54. The average Bonchev–Trinajstić information content (AvgIpc) is 2.83. The van der Waals surface area contributed by atoms with Crippen LogP contribution in [0.1, 0.15) is 10.4 Å². The summed E-state index contributed by atoms with van der Waals surface area (Å²) in [5, 5.41) is 16.7. The van der Waals surface area contributed by atoms with Crippen LogP contribution in [0.5, 0.6) is 0 Å². The molecule has 0 saturated carbocycles. The summed E-state index contributed by atoms with van der Waals surface area (Å²) in [6, 6.07) is 0. The Balaban J connectivity index is 2.42. The van der Waals surface area contributed by atoms with Crippen molar-refractivity contribution in [3.8, 4) is 11.3 Å². The van der Waals surface area contributed by atoms with Gasteiger partial charge < -0.3 is 5.11 Å². The van der Waals surface area contributed by atoms with Crippen LogP contribution in [0.3, 0.4) is 0 Å². The Kier molecular flexibility index (Phi) is 2.73. The highest BCUT2D eigenvalue weighted by Crippen LogP contribution is 2.19. The molecule has 2 heterocycles. The van der Waals surface area contributed by atoms with Gasteiger partial charge in [0.2, 0.25) is 0 Å². The molecule has 7 nitrogen and oxygen atoms in total. The fourth-order valence-corrected chi connectivity index (χ4v) is 1.51. The number of aryl methyl sites for hydroxylation is 1. The van der Waals surface area contributed by atoms with Crippen molar-refractivity contribution in [3.05, 3.63) is 24.2 Å². The Hall–Kier alpha value is -2.44. The Bertz CT molecular complexity index is 570. The Morgan fingerprint density at radius 1 is 1.53 bits per heavy atom. The quantitative estimate of drug-likeness (QED) is 0.762. The summed E-state index contributed by atoms with van der Waals surface area (Å²) in [5.41, 5.74) is 1.47. The number of rotatable bonds is 4. The van der Waals surface area contributed by atoms with Gasteiger partial charge in [0.1, 0.15) is 12.2 Å². The van der Waals surface area contributed by atoms with Crippen LogP contribution in [0.4, 0.5) is 0 Å². The fraction of sp³-hybridized carbons (Fsp3) is 0.200. The van der Waals surface area contributed by atoms with Crippen molar-refractivity contribution in [3.63, 3.8) is 0 Å². The molecule has 0 bridgehead atoms. The second kappa shape index (κ2) is 4.20. The Morgan fingerprint density at radius 3 is 2.82 bits per heavy atom. The monoisotopic (exact) mass is 234 g/mol. The number of nitrogens with zero attached hydrogens (tertiary/aromatic N) is 4. The first-order valence-corrected chi connectivity index (χ1v) is 4.83. The molecule has 0 saturated heterocycles. The van der Waals surface area contributed by atoms with Gasteiger partial charge >= 0.3 is 5.97 Å². The summed E-state index contributed by atoms with van der Waals surface area (Å²) in [5.74, 6) is -1.01. The number of hydrogen-bond donors (Lipinski definition) is 1. The van der Waals surface area contributed by atoms with Gasteiger partial charge in [-0.2, -0.15) is 10.2 Å². The van der Waals surface area contributed by atoms with Crippen molar-refractivity contribution >= 4 is 12.3 Å². The molecule has 0 aliphatic heterocycles. The zero-order valence-corrected chi connectivity index (χ0v) is 9.07. The molecule has 0 aliphatic rings. The normalized spacial score (nSPS) is 10.4. The molecule has 0 aliphatic carbocycles. The molecule has 1 N–H and O–H groups in total. The van der Waals surface area contributed by atoms with Crippen molar-refractivity contribution < 1.29 is 14.7 Å². The molecule has 0 aromatic carbocycles. The van der Waals surface area contributed by atoms with Gasteiger partial charge in [0.05, 0.1) is 11.8 Å². The Labute approximate surface area is 96.3 Å². The van der Waals surface area contributed by atoms with Crippen LogP contribution >= 0.6 is 0 Å². The molecule has 88 valence electrons. The summed E-state index contributed by atoms with van der Waals surface area (Å²) in [6.07, 6.45) is 5.33. The number of carbonyl (C=O) groups excluding carboxylic acids is 1. The number of carboxylic acids is 1. The van der Waals surface area contributed by atoms with Gasteiger partial charge in [0.25, 0.3) is 0 Å². The van der Waals surface area contributed by atoms with E-state index in [1.807, 2.05) is 0 Å². The average molecular weight is 234 g/mol. The van der Waals surface area contributed by atoms with Crippen LogP contribution in [0.15, 0.2) is 18.6 Å². The smallest absolute Gasteiger partial charge is 0.325 e. The van der Waals surface area contributed by atoms with Gasteiger partial charge in [0.15, 0.2) is 6.29 Å². The van der Waals surface area contributed by atoms with E-state index in [1.165, 1.54) is 10.9 Å². The van der Waals surface area contributed by atoms with E-state index in [0.717, 1.165) is 0 Å². The van der Waals surface area contributed by atoms with Gasteiger partial charge in [-0.05, 0) is 0 Å². The van der Waals surface area contributed by atoms with Crippen molar-refractivity contribution in [2.75, 3.05) is 0 Å². The van der Waals surface area contributed by atoms with Crippen molar-refractivity contribution in [1.82, 2.24) is 19.6 Å². The molecular weight excluding hydrogens is 224 g/mol. The minimum absolute atomic E-state index is 0.277. The van der Waals surface area contributed by atoms with E-state index in [1.54, 1.807) is 24.1 Å². The number of aldehydes is 1. The molecule has 2 aromatic heterocycles. The molecule has 0 atom stereocenters. The fourth-order valence-electron chi connectivity index (χ4n) is 1.51. The van der Waals surface area contributed by atoms with E-state index in [0.29, 0.717) is 23.1 Å². The SMILES string of the molecule is Cn1cc(-c2nn(CC(=O)O)cc2C=O)cn1. The standard InChI is InChI=1S/C10H10N4O3/c1-13-3-7(2-11-13)10-8(6-15)4-14(12-10)5-9(16)17/h2-4,6H,5H2,1H3,(H,16,17). The highest BCUT2D eigenvalue weighted by molar-refractivity contribution is 5.85. The molecule has 0 amide bonds. The molecule has 2 aromatic rings. The van der Waals surface area contributed by atoms with Crippen LogP contribution in [-0.2, 0) is 18.4 Å². The third kappa shape index (κ3) is 2.22. The number of carboxylic acid groups (broad SMARTS) is 1.